The number of aryl methyl sites for hydroxylation is 1. The van der Waals surface area contributed by atoms with Crippen LogP contribution in [0.25, 0.3) is 0 Å². The lowest BCUT2D eigenvalue weighted by Gasteiger charge is -2.33. The van der Waals surface area contributed by atoms with E-state index in [0.717, 1.165) is 35.2 Å². The maximum Gasteiger partial charge on any atom is 0.271 e. The number of pyridine rings is 1. The van der Waals surface area contributed by atoms with Crippen LogP contribution in [0, 0.1) is 12.8 Å². The quantitative estimate of drug-likeness (QED) is 0.748. The van der Waals surface area contributed by atoms with E-state index in [1.165, 1.54) is 0 Å². The molecule has 3 rings (SSSR count). The SMILES string of the molecule is Cc1[nH]c(=O)c(NC(=O)C2CCN(c3ccc(C=O)cc3)CC2)cc1Br. The highest BCUT2D eigenvalue weighted by Gasteiger charge is 2.25. The summed E-state index contributed by atoms with van der Waals surface area (Å²) in [5.74, 6) is -0.248. The summed E-state index contributed by atoms with van der Waals surface area (Å²) in [6, 6.07) is 9.07. The first-order chi connectivity index (χ1) is 12.5. The minimum Gasteiger partial charge on any atom is -0.371 e. The number of aromatic amines is 1. The minimum absolute atomic E-state index is 0.123. The Balaban J connectivity index is 1.60. The van der Waals surface area contributed by atoms with E-state index in [1.807, 2.05) is 12.1 Å². The fourth-order valence-corrected chi connectivity index (χ4v) is 3.42. The van der Waals surface area contributed by atoms with Crippen LogP contribution in [0.3, 0.4) is 0 Å². The number of anilines is 2. The highest BCUT2D eigenvalue weighted by atomic mass is 79.9. The molecule has 0 aliphatic carbocycles. The van der Waals surface area contributed by atoms with E-state index < -0.39 is 0 Å². The van der Waals surface area contributed by atoms with Gasteiger partial charge >= 0.3 is 0 Å². The van der Waals surface area contributed by atoms with Gasteiger partial charge in [0.25, 0.3) is 5.56 Å². The molecule has 136 valence electrons. The number of aromatic nitrogens is 1. The van der Waals surface area contributed by atoms with E-state index in [9.17, 15) is 14.4 Å². The van der Waals surface area contributed by atoms with Gasteiger partial charge in [-0.1, -0.05) is 0 Å². The second kappa shape index (κ2) is 7.86. The third-order valence-electron chi connectivity index (χ3n) is 4.69. The summed E-state index contributed by atoms with van der Waals surface area (Å²) in [5, 5.41) is 2.75. The molecule has 2 heterocycles. The van der Waals surface area contributed by atoms with Crippen molar-refractivity contribution in [2.75, 3.05) is 23.3 Å². The fourth-order valence-electron chi connectivity index (χ4n) is 3.09. The third kappa shape index (κ3) is 4.04. The molecule has 1 aliphatic heterocycles. The summed E-state index contributed by atoms with van der Waals surface area (Å²) in [5.41, 5.74) is 2.39. The van der Waals surface area contributed by atoms with Gasteiger partial charge in [-0.25, -0.2) is 0 Å². The number of rotatable bonds is 4. The Bertz CT molecular complexity index is 869. The number of nitrogens with one attached hydrogen (secondary N) is 2. The number of piperidine rings is 1. The molecule has 1 aromatic heterocycles. The van der Waals surface area contributed by atoms with Crippen molar-refractivity contribution in [3.05, 3.63) is 56.4 Å². The number of H-pyrrole nitrogens is 1. The van der Waals surface area contributed by atoms with Gasteiger partial charge in [-0.3, -0.25) is 14.4 Å². The Labute approximate surface area is 159 Å². The molecule has 2 N–H and O–H groups in total. The monoisotopic (exact) mass is 417 g/mol. The number of benzene rings is 1. The van der Waals surface area contributed by atoms with Crippen molar-refractivity contribution in [2.24, 2.45) is 5.92 Å². The Morgan fingerprint density at radius 3 is 2.54 bits per heavy atom. The molecule has 0 radical (unpaired) electrons. The molecule has 26 heavy (non-hydrogen) atoms. The first-order valence-corrected chi connectivity index (χ1v) is 9.27. The van der Waals surface area contributed by atoms with Crippen molar-refractivity contribution in [3.63, 3.8) is 0 Å². The molecule has 1 saturated heterocycles. The normalized spacial score (nSPS) is 14.9. The molecule has 0 saturated carbocycles. The summed E-state index contributed by atoms with van der Waals surface area (Å²) < 4.78 is 0.751. The van der Waals surface area contributed by atoms with Crippen LogP contribution in [0.4, 0.5) is 11.4 Å². The van der Waals surface area contributed by atoms with Gasteiger partial charge in [0.1, 0.15) is 12.0 Å². The van der Waals surface area contributed by atoms with Crippen molar-refractivity contribution in [1.29, 1.82) is 0 Å². The van der Waals surface area contributed by atoms with Gasteiger partial charge in [0.15, 0.2) is 0 Å². The molecule has 1 amide bonds. The lowest BCUT2D eigenvalue weighted by atomic mass is 9.95. The maximum absolute atomic E-state index is 12.5. The summed E-state index contributed by atoms with van der Waals surface area (Å²) in [7, 11) is 0. The predicted octanol–water partition coefficient (Wildman–Crippen LogP) is 3.11. The average Bonchev–Trinajstić information content (AvgIpc) is 2.66. The van der Waals surface area contributed by atoms with Crippen LogP contribution in [0.5, 0.6) is 0 Å². The maximum atomic E-state index is 12.5. The Kier molecular flexibility index (Phi) is 5.56. The van der Waals surface area contributed by atoms with E-state index >= 15 is 0 Å². The summed E-state index contributed by atoms with van der Waals surface area (Å²) in [4.78, 5) is 40.1. The molecule has 2 aromatic rings. The molecule has 0 spiro atoms. The van der Waals surface area contributed by atoms with Crippen LogP contribution in [0.2, 0.25) is 0 Å². The van der Waals surface area contributed by atoms with Gasteiger partial charge in [0.2, 0.25) is 5.91 Å². The van der Waals surface area contributed by atoms with Crippen LogP contribution in [-0.4, -0.2) is 30.3 Å². The minimum atomic E-state index is -0.299. The van der Waals surface area contributed by atoms with Crippen LogP contribution < -0.4 is 15.8 Å². The zero-order valence-electron chi connectivity index (χ0n) is 14.4. The van der Waals surface area contributed by atoms with Crippen molar-refractivity contribution in [2.45, 2.75) is 19.8 Å². The van der Waals surface area contributed by atoms with Gasteiger partial charge in [-0.15, -0.1) is 0 Å². The highest BCUT2D eigenvalue weighted by molar-refractivity contribution is 9.10. The van der Waals surface area contributed by atoms with E-state index in [1.54, 1.807) is 25.1 Å². The summed E-state index contributed by atoms with van der Waals surface area (Å²) in [6.07, 6.45) is 2.25. The lowest BCUT2D eigenvalue weighted by Crippen LogP contribution is -2.38. The van der Waals surface area contributed by atoms with E-state index in [-0.39, 0.29) is 23.1 Å². The zero-order chi connectivity index (χ0) is 18.7. The number of carbonyl (C=O) groups excluding carboxylic acids is 2. The Hall–Kier alpha value is -2.41. The number of hydrogen-bond donors (Lipinski definition) is 2. The number of carbonyl (C=O) groups is 2. The van der Waals surface area contributed by atoms with Gasteiger partial charge in [-0.05, 0) is 66.0 Å². The Morgan fingerprint density at radius 1 is 1.27 bits per heavy atom. The molecule has 7 heteroatoms. The summed E-state index contributed by atoms with van der Waals surface area (Å²) in [6.45, 7) is 3.30. The first-order valence-electron chi connectivity index (χ1n) is 8.48. The molecule has 0 unspecified atom stereocenters. The van der Waals surface area contributed by atoms with E-state index in [0.29, 0.717) is 18.4 Å². The van der Waals surface area contributed by atoms with Gasteiger partial charge in [0, 0.05) is 40.4 Å². The number of hydrogen-bond acceptors (Lipinski definition) is 4. The highest BCUT2D eigenvalue weighted by Crippen LogP contribution is 2.24. The largest absolute Gasteiger partial charge is 0.371 e. The lowest BCUT2D eigenvalue weighted by molar-refractivity contribution is -0.120. The number of amides is 1. The molecule has 0 bridgehead atoms. The molecule has 1 fully saturated rings. The van der Waals surface area contributed by atoms with Crippen LogP contribution in [-0.2, 0) is 4.79 Å². The van der Waals surface area contributed by atoms with Crippen molar-refractivity contribution in [1.82, 2.24) is 4.98 Å². The first kappa shape index (κ1) is 18.4. The van der Waals surface area contributed by atoms with Gasteiger partial charge < -0.3 is 15.2 Å². The van der Waals surface area contributed by atoms with Crippen molar-refractivity contribution >= 4 is 39.5 Å². The van der Waals surface area contributed by atoms with E-state index in [2.05, 4.69) is 31.1 Å². The van der Waals surface area contributed by atoms with Crippen LogP contribution in [0.1, 0.15) is 28.9 Å². The molecular weight excluding hydrogens is 398 g/mol. The fraction of sp³-hybridized carbons (Fsp3) is 0.316. The third-order valence-corrected chi connectivity index (χ3v) is 5.52. The smallest absolute Gasteiger partial charge is 0.271 e. The van der Waals surface area contributed by atoms with Crippen LogP contribution in [0.15, 0.2) is 39.6 Å². The van der Waals surface area contributed by atoms with Gasteiger partial charge in [-0.2, -0.15) is 0 Å². The van der Waals surface area contributed by atoms with Crippen molar-refractivity contribution < 1.29 is 9.59 Å². The molecule has 0 atom stereocenters. The topological polar surface area (TPSA) is 82.3 Å². The molecular formula is C19H20BrN3O3. The Morgan fingerprint density at radius 2 is 1.92 bits per heavy atom. The molecule has 1 aromatic carbocycles. The second-order valence-electron chi connectivity index (χ2n) is 6.45. The van der Waals surface area contributed by atoms with Gasteiger partial charge in [0.05, 0.1) is 0 Å². The number of halogens is 1. The standard InChI is InChI=1S/C19H20BrN3O3/c1-12-16(20)10-17(19(26)21-12)22-18(25)14-6-8-23(9-7-14)15-4-2-13(11-24)3-5-15/h2-5,10-11,14H,6-9H2,1H3,(H,21,26)(H,22,25). The summed E-state index contributed by atoms with van der Waals surface area (Å²) >= 11 is 3.36. The second-order valence-corrected chi connectivity index (χ2v) is 7.30. The average molecular weight is 418 g/mol. The van der Waals surface area contributed by atoms with E-state index in [4.69, 9.17) is 0 Å². The molecule has 1 aliphatic rings. The number of nitrogens with zero attached hydrogens (tertiary/aromatic N) is 1. The predicted molar refractivity (Wildman–Crippen MR) is 105 cm³/mol. The van der Waals surface area contributed by atoms with Crippen molar-refractivity contribution in [3.8, 4) is 0 Å². The molecule has 6 nitrogen and oxygen atoms in total. The van der Waals surface area contributed by atoms with Crippen LogP contribution >= 0.6 is 15.9 Å². The number of aldehydes is 1. The zero-order valence-corrected chi connectivity index (χ0v) is 16.0.